The number of rotatable bonds is 10. The normalized spacial score (nSPS) is 13.0. The smallest absolute Gasteiger partial charge is 0.305 e. The summed E-state index contributed by atoms with van der Waals surface area (Å²) in [5.74, 6) is -0.627. The summed E-state index contributed by atoms with van der Waals surface area (Å²) in [5.41, 5.74) is 2.15. The summed E-state index contributed by atoms with van der Waals surface area (Å²) in [6, 6.07) is 7.18. The number of hydrogen-bond donors (Lipinski definition) is 2. The van der Waals surface area contributed by atoms with E-state index in [1.165, 1.54) is 37.2 Å². The lowest BCUT2D eigenvalue weighted by atomic mass is 10.1. The summed E-state index contributed by atoms with van der Waals surface area (Å²) in [4.78, 5) is 27.8. The van der Waals surface area contributed by atoms with Gasteiger partial charge in [0, 0.05) is 31.0 Å². The molecule has 0 aliphatic rings. The van der Waals surface area contributed by atoms with E-state index in [4.69, 9.17) is 4.74 Å². The maximum absolute atomic E-state index is 13.0. The van der Waals surface area contributed by atoms with Crippen LogP contribution < -0.4 is 5.32 Å². The van der Waals surface area contributed by atoms with Crippen LogP contribution in [0.4, 0.5) is 4.39 Å². The molecule has 8 heteroatoms. The molecule has 1 unspecified atom stereocenters. The minimum Gasteiger partial charge on any atom is -0.481 e. The molecular weight excluding hydrogens is 383 g/mol. The first kappa shape index (κ1) is 21.8. The van der Waals surface area contributed by atoms with Gasteiger partial charge in [-0.1, -0.05) is 12.1 Å². The molecule has 0 radical (unpaired) electrons. The number of benzene rings is 1. The molecule has 1 aromatic heterocycles. The van der Waals surface area contributed by atoms with E-state index in [1.54, 1.807) is 24.4 Å². The minimum atomic E-state index is -1.03. The van der Waals surface area contributed by atoms with Crippen LogP contribution in [0.1, 0.15) is 27.9 Å². The fourth-order valence-electron chi connectivity index (χ4n) is 2.62. The predicted octanol–water partition coefficient (Wildman–Crippen LogP) is 3.05. The van der Waals surface area contributed by atoms with E-state index in [1.807, 2.05) is 6.92 Å². The number of carboxylic acid groups (broad SMARTS) is 1. The molecule has 6 nitrogen and oxygen atoms in total. The monoisotopic (exact) mass is 406 g/mol. The maximum Gasteiger partial charge on any atom is 0.305 e. The average Bonchev–Trinajstić information content (AvgIpc) is 2.66. The second kappa shape index (κ2) is 10.8. The molecule has 0 saturated carbocycles. The van der Waals surface area contributed by atoms with Crippen molar-refractivity contribution < 1.29 is 23.8 Å². The molecule has 1 aromatic carbocycles. The lowest BCUT2D eigenvalue weighted by molar-refractivity contribution is -0.138. The molecule has 2 N–H and O–H groups in total. The quantitative estimate of drug-likeness (QED) is 0.631. The Morgan fingerprint density at radius 1 is 1.29 bits per heavy atom. The van der Waals surface area contributed by atoms with Gasteiger partial charge in [-0.3, -0.25) is 14.6 Å². The number of pyridine rings is 1. The van der Waals surface area contributed by atoms with Crippen molar-refractivity contribution in [1.82, 2.24) is 10.3 Å². The van der Waals surface area contributed by atoms with E-state index in [-0.39, 0.29) is 12.2 Å². The van der Waals surface area contributed by atoms with Crippen LogP contribution in [0.5, 0.6) is 0 Å². The van der Waals surface area contributed by atoms with E-state index in [2.05, 4.69) is 10.3 Å². The first-order chi connectivity index (χ1) is 13.4. The molecule has 0 saturated heterocycles. The zero-order valence-electron chi connectivity index (χ0n) is 15.7. The number of hydrogen-bond acceptors (Lipinski definition) is 5. The van der Waals surface area contributed by atoms with Gasteiger partial charge in [-0.15, -0.1) is 0 Å². The summed E-state index contributed by atoms with van der Waals surface area (Å²) < 4.78 is 18.4. The molecule has 1 amide bonds. The molecule has 1 heterocycles. The summed E-state index contributed by atoms with van der Waals surface area (Å²) in [6.07, 6.45) is 2.31. The number of aromatic nitrogens is 1. The highest BCUT2D eigenvalue weighted by Gasteiger charge is 2.26. The van der Waals surface area contributed by atoms with E-state index in [0.717, 1.165) is 11.1 Å². The molecule has 2 aromatic rings. The molecule has 2 atom stereocenters. The topological polar surface area (TPSA) is 88.5 Å². The van der Waals surface area contributed by atoms with Crippen LogP contribution in [0.3, 0.4) is 0 Å². The van der Waals surface area contributed by atoms with Crippen molar-refractivity contribution in [3.8, 4) is 0 Å². The summed E-state index contributed by atoms with van der Waals surface area (Å²) in [6.45, 7) is 1.82. The highest BCUT2D eigenvalue weighted by molar-refractivity contribution is 7.98. The fraction of sp³-hybridized carbons (Fsp3) is 0.350. The molecule has 150 valence electrons. The molecule has 0 bridgehead atoms. The Bertz CT molecular complexity index is 801. The Hall–Kier alpha value is -2.45. The van der Waals surface area contributed by atoms with Crippen molar-refractivity contribution in [2.24, 2.45) is 0 Å². The molecule has 0 spiro atoms. The van der Waals surface area contributed by atoms with Gasteiger partial charge in [-0.25, -0.2) is 4.39 Å². The molecule has 2 rings (SSSR count). The number of aryl methyl sites for hydroxylation is 1. The Morgan fingerprint density at radius 3 is 2.61 bits per heavy atom. The minimum absolute atomic E-state index is 0.263. The fourth-order valence-corrected chi connectivity index (χ4v) is 3.76. The van der Waals surface area contributed by atoms with Gasteiger partial charge in [-0.2, -0.15) is 11.8 Å². The van der Waals surface area contributed by atoms with Crippen LogP contribution in [0, 0.1) is 12.7 Å². The second-order valence-corrected chi connectivity index (χ2v) is 7.37. The van der Waals surface area contributed by atoms with Gasteiger partial charge in [0.15, 0.2) is 0 Å². The zero-order valence-corrected chi connectivity index (χ0v) is 16.5. The van der Waals surface area contributed by atoms with Crippen molar-refractivity contribution in [2.45, 2.75) is 31.2 Å². The number of nitrogens with zero attached hydrogens (tertiary/aromatic N) is 1. The van der Waals surface area contributed by atoms with E-state index in [9.17, 15) is 19.1 Å². The third-order valence-electron chi connectivity index (χ3n) is 4.06. The number of thioether (sulfide) groups is 1. The van der Waals surface area contributed by atoms with Crippen LogP contribution in [-0.2, 0) is 15.3 Å². The highest BCUT2D eigenvalue weighted by atomic mass is 32.2. The van der Waals surface area contributed by atoms with Crippen LogP contribution >= 0.6 is 11.8 Å². The van der Waals surface area contributed by atoms with Crippen molar-refractivity contribution in [3.63, 3.8) is 0 Å². The van der Waals surface area contributed by atoms with Crippen LogP contribution in [0.2, 0.25) is 0 Å². The van der Waals surface area contributed by atoms with Crippen LogP contribution in [0.25, 0.3) is 0 Å². The summed E-state index contributed by atoms with van der Waals surface area (Å²) in [7, 11) is 1.48. The molecule has 28 heavy (non-hydrogen) atoms. The van der Waals surface area contributed by atoms with Gasteiger partial charge in [0.05, 0.1) is 24.1 Å². The molecule has 0 aliphatic heterocycles. The SMILES string of the molecule is COC(CSCc1ccc(F)cc1)[C@H](CC(=O)O)NC(=O)c1cncc(C)c1. The third kappa shape index (κ3) is 6.94. The predicted molar refractivity (Wildman–Crippen MR) is 106 cm³/mol. The van der Waals surface area contributed by atoms with Gasteiger partial charge < -0.3 is 15.2 Å². The number of carbonyl (C=O) groups is 2. The van der Waals surface area contributed by atoms with E-state index < -0.39 is 24.0 Å². The lowest BCUT2D eigenvalue weighted by Gasteiger charge is -2.25. The highest BCUT2D eigenvalue weighted by Crippen LogP contribution is 2.18. The number of aliphatic carboxylic acids is 1. The first-order valence-electron chi connectivity index (χ1n) is 8.68. The van der Waals surface area contributed by atoms with Gasteiger partial charge in [0.1, 0.15) is 5.82 Å². The lowest BCUT2D eigenvalue weighted by Crippen LogP contribution is -2.46. The van der Waals surface area contributed by atoms with Gasteiger partial charge >= 0.3 is 5.97 Å². The zero-order chi connectivity index (χ0) is 20.5. The standard InChI is InChI=1S/C20H23FN2O4S/c1-13-7-15(10-22-9-13)20(26)23-17(8-19(24)25)18(27-2)12-28-11-14-3-5-16(21)6-4-14/h3-7,9-10,17-18H,8,11-12H2,1-2H3,(H,23,26)(H,24,25)/t17-,18?/m0/s1. The number of carbonyl (C=O) groups excluding carboxylic acids is 1. The number of nitrogens with one attached hydrogen (secondary N) is 1. The van der Waals surface area contributed by atoms with Crippen LogP contribution in [0.15, 0.2) is 42.7 Å². The van der Waals surface area contributed by atoms with Crippen molar-refractivity contribution in [2.75, 3.05) is 12.9 Å². The molecule has 0 fully saturated rings. The van der Waals surface area contributed by atoms with Gasteiger partial charge in [0.25, 0.3) is 5.91 Å². The van der Waals surface area contributed by atoms with Crippen molar-refractivity contribution in [3.05, 3.63) is 65.2 Å². The van der Waals surface area contributed by atoms with Crippen molar-refractivity contribution in [1.29, 1.82) is 0 Å². The van der Waals surface area contributed by atoms with Crippen molar-refractivity contribution >= 4 is 23.6 Å². The third-order valence-corrected chi connectivity index (χ3v) is 5.17. The molecular formula is C20H23FN2O4S. The number of halogens is 1. The Morgan fingerprint density at radius 2 is 2.00 bits per heavy atom. The number of methoxy groups -OCH3 is 1. The Kier molecular flexibility index (Phi) is 8.41. The van der Waals surface area contributed by atoms with Gasteiger partial charge in [-0.05, 0) is 36.2 Å². The number of carboxylic acids is 1. The maximum atomic E-state index is 13.0. The summed E-state index contributed by atoms with van der Waals surface area (Å²) >= 11 is 1.52. The average molecular weight is 406 g/mol. The van der Waals surface area contributed by atoms with E-state index >= 15 is 0 Å². The Balaban J connectivity index is 2.00. The second-order valence-electron chi connectivity index (χ2n) is 6.34. The van der Waals surface area contributed by atoms with E-state index in [0.29, 0.717) is 17.1 Å². The number of amides is 1. The van der Waals surface area contributed by atoms with Gasteiger partial charge in [0.2, 0.25) is 0 Å². The first-order valence-corrected chi connectivity index (χ1v) is 9.83. The Labute approximate surface area is 167 Å². The molecule has 0 aliphatic carbocycles. The summed E-state index contributed by atoms with van der Waals surface area (Å²) in [5, 5.41) is 12.0. The number of ether oxygens (including phenoxy) is 1. The van der Waals surface area contributed by atoms with Crippen LogP contribution in [-0.4, -0.2) is 47.0 Å². The largest absolute Gasteiger partial charge is 0.481 e.